The van der Waals surface area contributed by atoms with Crippen LogP contribution in [-0.4, -0.2) is 11.9 Å². The Hall–Kier alpha value is -1.82. The Morgan fingerprint density at radius 3 is 2.31 bits per heavy atom. The van der Waals surface area contributed by atoms with Crippen molar-refractivity contribution < 1.29 is 4.39 Å². The Morgan fingerprint density at radius 2 is 1.81 bits per heavy atom. The molecular formula is C9H13ClFN5. The van der Waals surface area contributed by atoms with E-state index in [-0.39, 0.29) is 30.1 Å². The molecule has 0 radical (unpaired) electrons. The van der Waals surface area contributed by atoms with Crippen LogP contribution in [0.5, 0.6) is 0 Å². The quantitative estimate of drug-likeness (QED) is 0.393. The molecule has 7 heteroatoms. The van der Waals surface area contributed by atoms with Gasteiger partial charge in [0.15, 0.2) is 11.9 Å². The number of benzene rings is 1. The predicted octanol–water partition coefficient (Wildman–Crippen LogP) is 0.755. The minimum Gasteiger partial charge on any atom is -0.370 e. The van der Waals surface area contributed by atoms with Crippen LogP contribution in [0.15, 0.2) is 24.3 Å². The van der Waals surface area contributed by atoms with Gasteiger partial charge in [-0.25, -0.2) is 4.39 Å². The van der Waals surface area contributed by atoms with Gasteiger partial charge in [-0.2, -0.15) is 0 Å². The first-order valence-corrected chi connectivity index (χ1v) is 4.26. The summed E-state index contributed by atoms with van der Waals surface area (Å²) in [4.78, 5) is 0. The molecule has 1 aromatic rings. The molecule has 5 nitrogen and oxygen atoms in total. The van der Waals surface area contributed by atoms with Crippen molar-refractivity contribution in [3.05, 3.63) is 35.6 Å². The van der Waals surface area contributed by atoms with Crippen molar-refractivity contribution in [2.45, 2.75) is 6.54 Å². The van der Waals surface area contributed by atoms with E-state index in [0.29, 0.717) is 6.54 Å². The Labute approximate surface area is 98.7 Å². The van der Waals surface area contributed by atoms with Gasteiger partial charge in [0.1, 0.15) is 5.82 Å². The molecule has 1 aromatic carbocycles. The summed E-state index contributed by atoms with van der Waals surface area (Å²) in [7, 11) is 0. The van der Waals surface area contributed by atoms with Crippen LogP contribution in [-0.2, 0) is 6.54 Å². The lowest BCUT2D eigenvalue weighted by atomic mass is 10.2. The van der Waals surface area contributed by atoms with E-state index in [1.807, 2.05) is 0 Å². The number of halogens is 2. The van der Waals surface area contributed by atoms with E-state index in [4.69, 9.17) is 16.6 Å². The molecule has 0 atom stereocenters. The Bertz CT molecular complexity index is 365. The highest BCUT2D eigenvalue weighted by Crippen LogP contribution is 2.01. The first-order chi connectivity index (χ1) is 7.08. The summed E-state index contributed by atoms with van der Waals surface area (Å²) in [6, 6.07) is 5.92. The highest BCUT2D eigenvalue weighted by Gasteiger charge is 1.97. The molecule has 0 amide bonds. The van der Waals surface area contributed by atoms with Crippen LogP contribution >= 0.6 is 12.4 Å². The molecule has 0 aliphatic carbocycles. The van der Waals surface area contributed by atoms with Gasteiger partial charge in [-0.1, -0.05) is 12.1 Å². The zero-order valence-electron chi connectivity index (χ0n) is 8.38. The molecule has 0 aliphatic rings. The SMILES string of the molecule is Cl.N=C(N)NC(=N)NCc1ccc(F)cc1. The van der Waals surface area contributed by atoms with Crippen molar-refractivity contribution in [3.63, 3.8) is 0 Å². The lowest BCUT2D eigenvalue weighted by Gasteiger charge is -2.08. The van der Waals surface area contributed by atoms with Crippen LogP contribution in [0.1, 0.15) is 5.56 Å². The van der Waals surface area contributed by atoms with Crippen molar-refractivity contribution >= 4 is 24.3 Å². The van der Waals surface area contributed by atoms with Crippen LogP contribution < -0.4 is 16.4 Å². The first-order valence-electron chi connectivity index (χ1n) is 4.26. The molecule has 0 spiro atoms. The van der Waals surface area contributed by atoms with Gasteiger partial charge in [0.25, 0.3) is 0 Å². The predicted molar refractivity (Wildman–Crippen MR) is 63.3 cm³/mol. The van der Waals surface area contributed by atoms with Gasteiger partial charge >= 0.3 is 0 Å². The van der Waals surface area contributed by atoms with E-state index in [2.05, 4.69) is 10.6 Å². The summed E-state index contributed by atoms with van der Waals surface area (Å²) in [5, 5.41) is 19.1. The summed E-state index contributed by atoms with van der Waals surface area (Å²) < 4.78 is 12.5. The van der Waals surface area contributed by atoms with E-state index in [0.717, 1.165) is 5.56 Å². The van der Waals surface area contributed by atoms with Gasteiger partial charge in [0, 0.05) is 6.54 Å². The van der Waals surface area contributed by atoms with Crippen molar-refractivity contribution in [2.75, 3.05) is 0 Å². The highest BCUT2D eigenvalue weighted by atomic mass is 35.5. The molecular weight excluding hydrogens is 233 g/mol. The molecule has 0 bridgehead atoms. The normalized spacial score (nSPS) is 8.81. The number of nitrogens with one attached hydrogen (secondary N) is 4. The molecule has 0 aliphatic heterocycles. The second-order valence-corrected chi connectivity index (χ2v) is 2.89. The first kappa shape index (κ1) is 14.2. The molecule has 0 heterocycles. The molecule has 1 rings (SSSR count). The third-order valence-corrected chi connectivity index (χ3v) is 1.64. The number of guanidine groups is 2. The maximum atomic E-state index is 12.5. The van der Waals surface area contributed by atoms with Gasteiger partial charge in [-0.3, -0.25) is 16.1 Å². The standard InChI is InChI=1S/C9H12FN5.ClH/c10-7-3-1-6(2-4-7)5-14-9(13)15-8(11)12;/h1-4H,5H2,(H6,11,12,13,14,15);1H. The van der Waals surface area contributed by atoms with Gasteiger partial charge in [-0.15, -0.1) is 12.4 Å². The molecule has 6 N–H and O–H groups in total. The van der Waals surface area contributed by atoms with Crippen LogP contribution in [0.25, 0.3) is 0 Å². The smallest absolute Gasteiger partial charge is 0.195 e. The van der Waals surface area contributed by atoms with Crippen molar-refractivity contribution in [1.29, 1.82) is 10.8 Å². The number of hydrogen-bond acceptors (Lipinski definition) is 2. The Balaban J connectivity index is 0.00000225. The number of nitrogens with two attached hydrogens (primary N) is 1. The van der Waals surface area contributed by atoms with Crippen molar-refractivity contribution in [3.8, 4) is 0 Å². The molecule has 88 valence electrons. The van der Waals surface area contributed by atoms with Crippen LogP contribution in [0.4, 0.5) is 4.39 Å². The fraction of sp³-hybridized carbons (Fsp3) is 0.111. The lowest BCUT2D eigenvalue weighted by Crippen LogP contribution is -2.42. The zero-order chi connectivity index (χ0) is 11.3. The largest absolute Gasteiger partial charge is 0.370 e. The van der Waals surface area contributed by atoms with Crippen LogP contribution in [0, 0.1) is 16.6 Å². The maximum absolute atomic E-state index is 12.5. The monoisotopic (exact) mass is 245 g/mol. The molecule has 0 saturated heterocycles. The molecule has 16 heavy (non-hydrogen) atoms. The van der Waals surface area contributed by atoms with Crippen LogP contribution in [0.3, 0.4) is 0 Å². The molecule has 0 fully saturated rings. The summed E-state index contributed by atoms with van der Waals surface area (Å²) in [6.45, 7) is 0.374. The summed E-state index contributed by atoms with van der Waals surface area (Å²) in [5.74, 6) is -0.658. The number of hydrogen-bond donors (Lipinski definition) is 5. The van der Waals surface area contributed by atoms with Gasteiger partial charge in [0.2, 0.25) is 0 Å². The fourth-order valence-corrected chi connectivity index (χ4v) is 0.972. The topological polar surface area (TPSA) is 97.8 Å². The third kappa shape index (κ3) is 5.16. The van der Waals surface area contributed by atoms with E-state index < -0.39 is 0 Å². The summed E-state index contributed by atoms with van der Waals surface area (Å²) in [5.41, 5.74) is 5.86. The fourth-order valence-electron chi connectivity index (χ4n) is 0.972. The lowest BCUT2D eigenvalue weighted by molar-refractivity contribution is 0.626. The van der Waals surface area contributed by atoms with Crippen molar-refractivity contribution in [2.24, 2.45) is 5.73 Å². The van der Waals surface area contributed by atoms with Crippen molar-refractivity contribution in [1.82, 2.24) is 10.6 Å². The van der Waals surface area contributed by atoms with E-state index in [1.54, 1.807) is 12.1 Å². The maximum Gasteiger partial charge on any atom is 0.195 e. The van der Waals surface area contributed by atoms with Gasteiger partial charge < -0.3 is 11.1 Å². The summed E-state index contributed by atoms with van der Waals surface area (Å²) >= 11 is 0. The van der Waals surface area contributed by atoms with E-state index in [9.17, 15) is 4.39 Å². The van der Waals surface area contributed by atoms with E-state index in [1.165, 1.54) is 12.1 Å². The zero-order valence-corrected chi connectivity index (χ0v) is 9.20. The average Bonchev–Trinajstić information content (AvgIpc) is 2.16. The van der Waals surface area contributed by atoms with Gasteiger partial charge in [-0.05, 0) is 17.7 Å². The highest BCUT2D eigenvalue weighted by molar-refractivity contribution is 5.94. The van der Waals surface area contributed by atoms with E-state index >= 15 is 0 Å². The molecule has 0 saturated carbocycles. The molecule has 0 aromatic heterocycles. The minimum atomic E-state index is -0.299. The third-order valence-electron chi connectivity index (χ3n) is 1.64. The Morgan fingerprint density at radius 1 is 1.25 bits per heavy atom. The van der Waals surface area contributed by atoms with Gasteiger partial charge in [0.05, 0.1) is 0 Å². The van der Waals surface area contributed by atoms with Crippen LogP contribution in [0.2, 0.25) is 0 Å². The molecule has 0 unspecified atom stereocenters. The second kappa shape index (κ2) is 6.62. The second-order valence-electron chi connectivity index (χ2n) is 2.89. The summed E-state index contributed by atoms with van der Waals surface area (Å²) in [6.07, 6.45) is 0. The average molecular weight is 246 g/mol. The Kier molecular flexibility index (Phi) is 5.87. The number of rotatable bonds is 2. The minimum absolute atomic E-state index is 0.